The van der Waals surface area contributed by atoms with E-state index in [0.717, 1.165) is 4.47 Å². The molecule has 8 nitrogen and oxygen atoms in total. The molecule has 2 heterocycles. The Morgan fingerprint density at radius 2 is 1.79 bits per heavy atom. The average Bonchev–Trinajstić information content (AvgIpc) is 3.47. The van der Waals surface area contributed by atoms with Crippen LogP contribution in [0.1, 0.15) is 27.7 Å². The molecule has 0 spiro atoms. The van der Waals surface area contributed by atoms with Gasteiger partial charge in [-0.1, -0.05) is 40.2 Å². The number of amides is 1. The van der Waals surface area contributed by atoms with Gasteiger partial charge in [0.1, 0.15) is 11.3 Å². The molecule has 3 aromatic carbocycles. The Kier molecular flexibility index (Phi) is 6.77. The van der Waals surface area contributed by atoms with Crippen LogP contribution in [0.25, 0.3) is 11.0 Å². The van der Waals surface area contributed by atoms with E-state index in [4.69, 9.17) is 13.9 Å². The lowest BCUT2D eigenvalue weighted by Gasteiger charge is -2.27. The maximum atomic E-state index is 13.8. The highest BCUT2D eigenvalue weighted by atomic mass is 79.9. The van der Waals surface area contributed by atoms with E-state index in [9.17, 15) is 19.5 Å². The third kappa shape index (κ3) is 4.56. The van der Waals surface area contributed by atoms with Gasteiger partial charge >= 0.3 is 5.97 Å². The number of hydrogen-bond acceptors (Lipinski definition) is 7. The van der Waals surface area contributed by atoms with E-state index in [-0.39, 0.29) is 17.8 Å². The zero-order valence-electron chi connectivity index (χ0n) is 20.4. The minimum Gasteiger partial charge on any atom is -0.503 e. The number of furan rings is 1. The summed E-state index contributed by atoms with van der Waals surface area (Å²) >= 11 is 3.41. The number of carbonyl (C=O) groups excluding carboxylic acids is 3. The number of methoxy groups -OCH3 is 2. The van der Waals surface area contributed by atoms with Crippen LogP contribution >= 0.6 is 15.9 Å². The maximum Gasteiger partial charge on any atom is 0.309 e. The van der Waals surface area contributed by atoms with Crippen molar-refractivity contribution >= 4 is 50.2 Å². The molecule has 0 saturated carbocycles. The van der Waals surface area contributed by atoms with Crippen molar-refractivity contribution in [2.24, 2.45) is 0 Å². The van der Waals surface area contributed by atoms with Gasteiger partial charge in [0.15, 0.2) is 11.5 Å². The summed E-state index contributed by atoms with van der Waals surface area (Å²) in [7, 11) is 2.83. The molecule has 192 valence electrons. The summed E-state index contributed by atoms with van der Waals surface area (Å²) in [4.78, 5) is 40.2. The van der Waals surface area contributed by atoms with Crippen molar-refractivity contribution < 1.29 is 33.4 Å². The van der Waals surface area contributed by atoms with Crippen LogP contribution in [0.5, 0.6) is 5.75 Å². The third-order valence-electron chi connectivity index (χ3n) is 6.36. The predicted octanol–water partition coefficient (Wildman–Crippen LogP) is 5.70. The zero-order valence-corrected chi connectivity index (χ0v) is 22.0. The smallest absolute Gasteiger partial charge is 0.309 e. The number of anilines is 1. The number of aliphatic hydroxyl groups is 1. The lowest BCUT2D eigenvalue weighted by atomic mass is 9.94. The van der Waals surface area contributed by atoms with E-state index in [0.29, 0.717) is 33.5 Å². The number of carbonyl (C=O) groups is 3. The standard InChI is InChI=1S/C29H22BrNO7/c1-36-21-5-3-4-17(14-21)26-25(27(33)23-15-18-13-19(30)8-11-22(18)38-23)28(34)29(35)31(26)20-9-6-16(7-10-20)12-24(32)37-2/h3-11,13-15,26,34H,12H2,1-2H3. The molecular formula is C29H22BrNO7. The number of fused-ring (bicyclic) bond motifs is 1. The topological polar surface area (TPSA) is 106 Å². The molecule has 5 rings (SSSR count). The molecule has 1 atom stereocenters. The van der Waals surface area contributed by atoms with E-state index in [1.54, 1.807) is 66.7 Å². The molecule has 9 heteroatoms. The zero-order chi connectivity index (χ0) is 27.0. The normalized spacial score (nSPS) is 15.3. The van der Waals surface area contributed by atoms with E-state index < -0.39 is 29.5 Å². The molecule has 1 unspecified atom stereocenters. The maximum absolute atomic E-state index is 13.8. The number of hydrogen-bond donors (Lipinski definition) is 1. The first-order chi connectivity index (χ1) is 18.3. The Hall–Kier alpha value is -4.37. The van der Waals surface area contributed by atoms with Gasteiger partial charge in [-0.3, -0.25) is 19.3 Å². The number of benzene rings is 3. The lowest BCUT2D eigenvalue weighted by Crippen LogP contribution is -2.31. The van der Waals surface area contributed by atoms with Gasteiger partial charge in [0.2, 0.25) is 5.78 Å². The number of ether oxygens (including phenoxy) is 2. The van der Waals surface area contributed by atoms with Crippen LogP contribution < -0.4 is 9.64 Å². The van der Waals surface area contributed by atoms with Crippen LogP contribution in [0.4, 0.5) is 5.69 Å². The first-order valence-electron chi connectivity index (χ1n) is 11.6. The largest absolute Gasteiger partial charge is 0.503 e. The Bertz CT molecular complexity index is 1600. The first kappa shape index (κ1) is 25.3. The predicted molar refractivity (Wildman–Crippen MR) is 143 cm³/mol. The van der Waals surface area contributed by atoms with E-state index in [1.165, 1.54) is 19.1 Å². The van der Waals surface area contributed by atoms with Gasteiger partial charge in [-0.25, -0.2) is 0 Å². The molecule has 1 aliphatic rings. The van der Waals surface area contributed by atoms with Crippen molar-refractivity contribution in [3.05, 3.63) is 105 Å². The SMILES string of the molecule is COC(=O)Cc1ccc(N2C(=O)C(O)=C(C(=O)c3cc4cc(Br)ccc4o3)C2c2cccc(OC)c2)cc1. The number of aliphatic hydroxyl groups excluding tert-OH is 1. The Morgan fingerprint density at radius 3 is 2.50 bits per heavy atom. The second-order valence-corrected chi connectivity index (χ2v) is 9.57. The molecule has 1 amide bonds. The molecular weight excluding hydrogens is 554 g/mol. The van der Waals surface area contributed by atoms with Crippen LogP contribution in [0.2, 0.25) is 0 Å². The van der Waals surface area contributed by atoms with Crippen molar-refractivity contribution in [3.8, 4) is 5.75 Å². The minimum atomic E-state index is -0.962. The third-order valence-corrected chi connectivity index (χ3v) is 6.85. The number of nitrogens with zero attached hydrogens (tertiary/aromatic N) is 1. The summed E-state index contributed by atoms with van der Waals surface area (Å²) in [5, 5.41) is 11.7. The summed E-state index contributed by atoms with van der Waals surface area (Å²) in [6.45, 7) is 0. The molecule has 0 saturated heterocycles. The number of Topliss-reactive ketones (excluding diaryl/α,β-unsaturated/α-hetero) is 1. The van der Waals surface area contributed by atoms with Gasteiger partial charge in [-0.15, -0.1) is 0 Å². The second-order valence-electron chi connectivity index (χ2n) is 8.66. The van der Waals surface area contributed by atoms with E-state index >= 15 is 0 Å². The van der Waals surface area contributed by atoms with Crippen LogP contribution in [0.15, 0.2) is 93.0 Å². The highest BCUT2D eigenvalue weighted by molar-refractivity contribution is 9.10. The fourth-order valence-electron chi connectivity index (χ4n) is 4.50. The summed E-state index contributed by atoms with van der Waals surface area (Å²) < 4.78 is 16.7. The van der Waals surface area contributed by atoms with Crippen LogP contribution in [0.3, 0.4) is 0 Å². The summed E-state index contributed by atoms with van der Waals surface area (Å²) in [6.07, 6.45) is 0.0689. The van der Waals surface area contributed by atoms with Gasteiger partial charge in [0.25, 0.3) is 5.91 Å². The average molecular weight is 576 g/mol. The number of halogens is 1. The van der Waals surface area contributed by atoms with Gasteiger partial charge < -0.3 is 19.0 Å². The molecule has 0 fully saturated rings. The fraction of sp³-hybridized carbons (Fsp3) is 0.138. The van der Waals surface area contributed by atoms with Crippen LogP contribution in [-0.4, -0.2) is 37.0 Å². The van der Waals surface area contributed by atoms with Gasteiger partial charge in [0.05, 0.1) is 32.3 Å². The highest BCUT2D eigenvalue weighted by Crippen LogP contribution is 2.43. The van der Waals surface area contributed by atoms with Crippen LogP contribution in [0, 0.1) is 0 Å². The molecule has 0 bridgehead atoms. The van der Waals surface area contributed by atoms with Crippen LogP contribution in [-0.2, 0) is 20.7 Å². The Morgan fingerprint density at radius 1 is 1.03 bits per heavy atom. The molecule has 1 aliphatic heterocycles. The van der Waals surface area contributed by atoms with Crippen molar-refractivity contribution in [3.63, 3.8) is 0 Å². The first-order valence-corrected chi connectivity index (χ1v) is 12.4. The molecule has 1 N–H and O–H groups in total. The quantitative estimate of drug-likeness (QED) is 0.222. The second kappa shape index (κ2) is 10.2. The van der Waals surface area contributed by atoms with Gasteiger partial charge in [-0.2, -0.15) is 0 Å². The van der Waals surface area contributed by atoms with E-state index in [2.05, 4.69) is 15.9 Å². The lowest BCUT2D eigenvalue weighted by molar-refractivity contribution is -0.139. The Balaban J connectivity index is 1.60. The molecule has 0 radical (unpaired) electrons. The van der Waals surface area contributed by atoms with Gasteiger partial charge in [0, 0.05) is 15.5 Å². The minimum absolute atomic E-state index is 0.00405. The number of rotatable bonds is 7. The highest BCUT2D eigenvalue weighted by Gasteiger charge is 2.45. The van der Waals surface area contributed by atoms with Crippen molar-refractivity contribution in [2.45, 2.75) is 12.5 Å². The molecule has 38 heavy (non-hydrogen) atoms. The van der Waals surface area contributed by atoms with Crippen molar-refractivity contribution in [1.29, 1.82) is 0 Å². The molecule has 0 aliphatic carbocycles. The molecule has 1 aromatic heterocycles. The summed E-state index contributed by atoms with van der Waals surface area (Å²) in [5.41, 5.74) is 2.06. The fourth-order valence-corrected chi connectivity index (χ4v) is 4.88. The summed E-state index contributed by atoms with van der Waals surface area (Å²) in [6, 6.07) is 19.6. The number of esters is 1. The van der Waals surface area contributed by atoms with Gasteiger partial charge in [-0.05, 0) is 59.7 Å². The molecule has 4 aromatic rings. The van der Waals surface area contributed by atoms with E-state index in [1.807, 2.05) is 6.07 Å². The monoisotopic (exact) mass is 575 g/mol. The van der Waals surface area contributed by atoms with Crippen molar-refractivity contribution in [2.75, 3.05) is 19.1 Å². The Labute approximate surface area is 226 Å². The number of ketones is 1. The van der Waals surface area contributed by atoms with Crippen molar-refractivity contribution in [1.82, 2.24) is 0 Å². The summed E-state index contributed by atoms with van der Waals surface area (Å²) in [5.74, 6) is -1.88.